The number of carbonyl (C=O) groups is 2. The van der Waals surface area contributed by atoms with E-state index in [9.17, 15) is 9.59 Å². The van der Waals surface area contributed by atoms with Gasteiger partial charge in [0.2, 0.25) is 5.91 Å². The number of rotatable bonds is 5. The predicted molar refractivity (Wildman–Crippen MR) is 81.0 cm³/mol. The Morgan fingerprint density at radius 1 is 1.38 bits per heavy atom. The third-order valence-electron chi connectivity index (χ3n) is 3.81. The summed E-state index contributed by atoms with van der Waals surface area (Å²) in [6.45, 7) is 2.25. The maximum absolute atomic E-state index is 11.8. The second-order valence-corrected chi connectivity index (χ2v) is 5.40. The van der Waals surface area contributed by atoms with Gasteiger partial charge in [-0.3, -0.25) is 9.59 Å². The number of nitrogens with one attached hydrogen (secondary N) is 1. The molecule has 0 heterocycles. The molecule has 0 saturated heterocycles. The first-order valence-electron chi connectivity index (χ1n) is 7.43. The van der Waals surface area contributed by atoms with Gasteiger partial charge in [-0.1, -0.05) is 12.5 Å². The maximum atomic E-state index is 11.8. The van der Waals surface area contributed by atoms with Gasteiger partial charge in [-0.2, -0.15) is 0 Å². The van der Waals surface area contributed by atoms with E-state index in [4.69, 9.17) is 10.5 Å². The van der Waals surface area contributed by atoms with Crippen LogP contribution in [0.15, 0.2) is 24.3 Å². The Morgan fingerprint density at radius 3 is 2.90 bits per heavy atom. The predicted octanol–water partition coefficient (Wildman–Crippen LogP) is 2.32. The molecule has 21 heavy (non-hydrogen) atoms. The number of esters is 1. The van der Waals surface area contributed by atoms with Gasteiger partial charge in [-0.05, 0) is 44.4 Å². The van der Waals surface area contributed by atoms with Crippen molar-refractivity contribution in [2.75, 3.05) is 11.9 Å². The average Bonchev–Trinajstić information content (AvgIpc) is 2.48. The van der Waals surface area contributed by atoms with Crippen LogP contribution in [-0.2, 0) is 9.53 Å². The highest BCUT2D eigenvalue weighted by molar-refractivity contribution is 5.93. The van der Waals surface area contributed by atoms with E-state index in [-0.39, 0.29) is 17.9 Å². The molecule has 2 atom stereocenters. The van der Waals surface area contributed by atoms with Gasteiger partial charge in [0.1, 0.15) is 0 Å². The summed E-state index contributed by atoms with van der Waals surface area (Å²) in [5, 5.41) is 3.39. The molecule has 114 valence electrons. The number of hydrogen-bond donors (Lipinski definition) is 2. The number of nitrogens with two attached hydrogens (primary N) is 1. The molecule has 1 fully saturated rings. The van der Waals surface area contributed by atoms with E-state index in [0.717, 1.165) is 31.4 Å². The topological polar surface area (TPSA) is 81.4 Å². The SMILES string of the molecule is CCOC(=O)C1CCCC(Nc2cccc(C(N)=O)c2)C1. The highest BCUT2D eigenvalue weighted by Crippen LogP contribution is 2.28. The van der Waals surface area contributed by atoms with Gasteiger partial charge < -0.3 is 15.8 Å². The van der Waals surface area contributed by atoms with Crippen LogP contribution in [0.2, 0.25) is 0 Å². The van der Waals surface area contributed by atoms with Crippen LogP contribution in [0.1, 0.15) is 43.0 Å². The normalized spacial score (nSPS) is 21.6. The van der Waals surface area contributed by atoms with Crippen molar-refractivity contribution < 1.29 is 14.3 Å². The van der Waals surface area contributed by atoms with Gasteiger partial charge in [0.25, 0.3) is 0 Å². The maximum Gasteiger partial charge on any atom is 0.308 e. The largest absolute Gasteiger partial charge is 0.466 e. The summed E-state index contributed by atoms with van der Waals surface area (Å²) >= 11 is 0. The second-order valence-electron chi connectivity index (χ2n) is 5.40. The average molecular weight is 290 g/mol. The molecule has 5 nitrogen and oxygen atoms in total. The molecule has 2 rings (SSSR count). The Labute approximate surface area is 124 Å². The van der Waals surface area contributed by atoms with Crippen molar-refractivity contribution >= 4 is 17.6 Å². The van der Waals surface area contributed by atoms with Crippen molar-refractivity contribution in [3.05, 3.63) is 29.8 Å². The lowest BCUT2D eigenvalue weighted by atomic mass is 9.85. The molecule has 5 heteroatoms. The number of carbonyl (C=O) groups excluding carboxylic acids is 2. The van der Waals surface area contributed by atoms with E-state index in [1.54, 1.807) is 18.2 Å². The fraction of sp³-hybridized carbons (Fsp3) is 0.500. The van der Waals surface area contributed by atoms with Gasteiger partial charge in [-0.15, -0.1) is 0 Å². The van der Waals surface area contributed by atoms with Crippen LogP contribution in [0.3, 0.4) is 0 Å². The molecule has 1 amide bonds. The lowest BCUT2D eigenvalue weighted by molar-refractivity contribution is -0.149. The van der Waals surface area contributed by atoms with Gasteiger partial charge in [0.15, 0.2) is 0 Å². The van der Waals surface area contributed by atoms with E-state index in [1.165, 1.54) is 0 Å². The third-order valence-corrected chi connectivity index (χ3v) is 3.81. The molecular weight excluding hydrogens is 268 g/mol. The molecule has 0 radical (unpaired) electrons. The highest BCUT2D eigenvalue weighted by Gasteiger charge is 2.28. The zero-order valence-corrected chi connectivity index (χ0v) is 12.3. The van der Waals surface area contributed by atoms with Crippen LogP contribution in [0.4, 0.5) is 5.69 Å². The molecule has 1 aliphatic carbocycles. The number of hydrogen-bond acceptors (Lipinski definition) is 4. The summed E-state index contributed by atoms with van der Waals surface area (Å²) in [6.07, 6.45) is 3.66. The summed E-state index contributed by atoms with van der Waals surface area (Å²) in [5.74, 6) is -0.572. The van der Waals surface area contributed by atoms with E-state index >= 15 is 0 Å². The second kappa shape index (κ2) is 7.11. The van der Waals surface area contributed by atoms with Gasteiger partial charge in [0, 0.05) is 17.3 Å². The zero-order valence-electron chi connectivity index (χ0n) is 12.3. The molecule has 0 aliphatic heterocycles. The first-order valence-corrected chi connectivity index (χ1v) is 7.43. The molecule has 0 bridgehead atoms. The number of benzene rings is 1. The van der Waals surface area contributed by atoms with Gasteiger partial charge in [0.05, 0.1) is 12.5 Å². The molecule has 1 aromatic carbocycles. The van der Waals surface area contributed by atoms with Crippen molar-refractivity contribution in [2.45, 2.75) is 38.6 Å². The van der Waals surface area contributed by atoms with E-state index in [0.29, 0.717) is 12.2 Å². The molecule has 1 saturated carbocycles. The molecular formula is C16H22N2O3. The summed E-state index contributed by atoms with van der Waals surface area (Å²) in [5.41, 5.74) is 6.63. The van der Waals surface area contributed by atoms with Crippen molar-refractivity contribution in [3.8, 4) is 0 Å². The Bertz CT molecular complexity index is 516. The minimum absolute atomic E-state index is 0.0319. The quantitative estimate of drug-likeness (QED) is 0.815. The molecule has 0 aromatic heterocycles. The fourth-order valence-electron chi connectivity index (χ4n) is 2.79. The number of amides is 1. The Hall–Kier alpha value is -2.04. The summed E-state index contributed by atoms with van der Waals surface area (Å²) < 4.78 is 5.10. The summed E-state index contributed by atoms with van der Waals surface area (Å²) in [7, 11) is 0. The third kappa shape index (κ3) is 4.21. The standard InChI is InChI=1S/C16H22N2O3/c1-2-21-16(20)12-6-4-8-14(10-12)18-13-7-3-5-11(9-13)15(17)19/h3,5,7,9,12,14,18H,2,4,6,8,10H2,1H3,(H2,17,19). The van der Waals surface area contributed by atoms with Crippen molar-refractivity contribution in [1.29, 1.82) is 0 Å². The zero-order chi connectivity index (χ0) is 15.2. The van der Waals surface area contributed by atoms with Crippen LogP contribution in [0.5, 0.6) is 0 Å². The minimum atomic E-state index is -0.438. The van der Waals surface area contributed by atoms with Crippen molar-refractivity contribution in [1.82, 2.24) is 0 Å². The first-order chi connectivity index (χ1) is 10.1. The Morgan fingerprint density at radius 2 is 2.19 bits per heavy atom. The monoisotopic (exact) mass is 290 g/mol. The highest BCUT2D eigenvalue weighted by atomic mass is 16.5. The molecule has 0 spiro atoms. The lowest BCUT2D eigenvalue weighted by Gasteiger charge is -2.29. The molecule has 1 aliphatic rings. The lowest BCUT2D eigenvalue weighted by Crippen LogP contribution is -2.32. The number of anilines is 1. The van der Waals surface area contributed by atoms with Crippen LogP contribution in [-0.4, -0.2) is 24.5 Å². The van der Waals surface area contributed by atoms with Gasteiger partial charge >= 0.3 is 5.97 Å². The van der Waals surface area contributed by atoms with E-state index in [1.807, 2.05) is 13.0 Å². The van der Waals surface area contributed by atoms with Crippen LogP contribution in [0.25, 0.3) is 0 Å². The van der Waals surface area contributed by atoms with Gasteiger partial charge in [-0.25, -0.2) is 0 Å². The van der Waals surface area contributed by atoms with Crippen LogP contribution >= 0.6 is 0 Å². The fourth-order valence-corrected chi connectivity index (χ4v) is 2.79. The molecule has 3 N–H and O–H groups in total. The van der Waals surface area contributed by atoms with Crippen LogP contribution in [0, 0.1) is 5.92 Å². The molecule has 2 unspecified atom stereocenters. The van der Waals surface area contributed by atoms with Crippen LogP contribution < -0.4 is 11.1 Å². The molecule has 1 aromatic rings. The summed E-state index contributed by atoms with van der Waals surface area (Å²) in [6, 6.07) is 7.36. The Kier molecular flexibility index (Phi) is 5.20. The smallest absolute Gasteiger partial charge is 0.308 e. The number of primary amides is 1. The minimum Gasteiger partial charge on any atom is -0.466 e. The van der Waals surface area contributed by atoms with E-state index in [2.05, 4.69) is 5.32 Å². The number of ether oxygens (including phenoxy) is 1. The van der Waals surface area contributed by atoms with E-state index < -0.39 is 5.91 Å². The first kappa shape index (κ1) is 15.4. The van der Waals surface area contributed by atoms with Crippen molar-refractivity contribution in [2.24, 2.45) is 11.7 Å². The summed E-state index contributed by atoms with van der Waals surface area (Å²) in [4.78, 5) is 23.0. The Balaban J connectivity index is 1.97. The van der Waals surface area contributed by atoms with Crippen molar-refractivity contribution in [3.63, 3.8) is 0 Å².